The van der Waals surface area contributed by atoms with Crippen molar-refractivity contribution in [2.24, 2.45) is 0 Å². The molecule has 0 aliphatic heterocycles. The Kier molecular flexibility index (Phi) is 4.09. The van der Waals surface area contributed by atoms with Gasteiger partial charge >= 0.3 is 87.5 Å². The van der Waals surface area contributed by atoms with Gasteiger partial charge in [0.2, 0.25) is 0 Å². The predicted molar refractivity (Wildman–Crippen MR) is 54.0 cm³/mol. The number of rotatable bonds is 2. The summed E-state index contributed by atoms with van der Waals surface area (Å²) in [5.74, 6) is 0. The Labute approximate surface area is 95.0 Å². The van der Waals surface area contributed by atoms with Gasteiger partial charge in [0.05, 0.1) is 0 Å². The molecule has 1 N–H and O–H groups in total. The summed E-state index contributed by atoms with van der Waals surface area (Å²) in [6.07, 6.45) is 4.00. The number of benzene rings is 1. The second-order valence-electron chi connectivity index (χ2n) is 2.84. The zero-order valence-electron chi connectivity index (χ0n) is 8.01. The van der Waals surface area contributed by atoms with Gasteiger partial charge in [0.15, 0.2) is 0 Å². The molecule has 14 heavy (non-hydrogen) atoms. The van der Waals surface area contributed by atoms with E-state index in [1.54, 1.807) is 0 Å². The summed E-state index contributed by atoms with van der Waals surface area (Å²) in [4.78, 5) is 3.14. The number of hydrogen-bond donors (Lipinski definition) is 1. The molecular formula is C11H13N2Pt-. The van der Waals surface area contributed by atoms with Gasteiger partial charge in [-0.3, -0.25) is 0 Å². The van der Waals surface area contributed by atoms with Crippen LogP contribution in [0.5, 0.6) is 0 Å². The van der Waals surface area contributed by atoms with E-state index in [0.717, 1.165) is 10.3 Å². The predicted octanol–water partition coefficient (Wildman–Crippen LogP) is 2.39. The average molecular weight is 368 g/mol. The minimum absolute atomic E-state index is 0. The van der Waals surface area contributed by atoms with Crippen LogP contribution in [-0.4, -0.2) is 9.55 Å². The summed E-state index contributed by atoms with van der Waals surface area (Å²) in [6, 6.07) is 10.4. The molecule has 2 nitrogen and oxygen atoms in total. The van der Waals surface area contributed by atoms with Crippen LogP contribution < -0.4 is 0 Å². The number of hydrogen-bond acceptors (Lipinski definition) is 0. The van der Waals surface area contributed by atoms with E-state index in [2.05, 4.69) is 59.4 Å². The van der Waals surface area contributed by atoms with Crippen LogP contribution in [0.25, 0.3) is 0 Å². The van der Waals surface area contributed by atoms with Crippen LogP contribution in [-0.2, 0) is 25.9 Å². The Balaban J connectivity index is 0.000000980. The molecule has 1 heterocycles. The number of aromatic amines is 1. The van der Waals surface area contributed by atoms with Crippen molar-refractivity contribution in [1.29, 1.82) is 0 Å². The van der Waals surface area contributed by atoms with Gasteiger partial charge < -0.3 is 7.43 Å². The van der Waals surface area contributed by atoms with E-state index < -0.39 is 0 Å². The summed E-state index contributed by atoms with van der Waals surface area (Å²) >= 11 is 2.27. The molecule has 3 heteroatoms. The fourth-order valence-corrected chi connectivity index (χ4v) is 1.77. The normalized spacial score (nSPS) is 9.57. The second kappa shape index (κ2) is 5.11. The third kappa shape index (κ3) is 2.55. The van der Waals surface area contributed by atoms with Gasteiger partial charge in [0, 0.05) is 0 Å². The van der Waals surface area contributed by atoms with E-state index in [-0.39, 0.29) is 7.43 Å². The van der Waals surface area contributed by atoms with Gasteiger partial charge in [0.1, 0.15) is 0 Å². The molecular weight excluding hydrogens is 355 g/mol. The fourth-order valence-electron chi connectivity index (χ4n) is 1.23. The summed E-state index contributed by atoms with van der Waals surface area (Å²) < 4.78 is 3.33. The van der Waals surface area contributed by atoms with Crippen LogP contribution in [0, 0.1) is 11.2 Å². The maximum atomic E-state index is 3.14. The van der Waals surface area contributed by atoms with Crippen molar-refractivity contribution >= 4 is 0 Å². The molecule has 0 aliphatic rings. The Hall–Kier alpha value is -0.882. The SMILES string of the molecule is [CH3-].[Pt]=[c]1[nH]ccn1Cc1ccccc1. The Morgan fingerprint density at radius 1 is 1.21 bits per heavy atom. The molecule has 0 saturated heterocycles. The summed E-state index contributed by atoms with van der Waals surface area (Å²) in [7, 11) is 0. The molecule has 0 amide bonds. The van der Waals surface area contributed by atoms with Gasteiger partial charge in [-0.1, -0.05) is 0 Å². The third-order valence-corrected chi connectivity index (χ3v) is 2.86. The van der Waals surface area contributed by atoms with Crippen LogP contribution in [0.4, 0.5) is 0 Å². The van der Waals surface area contributed by atoms with Gasteiger partial charge in [-0.15, -0.1) is 0 Å². The summed E-state index contributed by atoms with van der Waals surface area (Å²) in [5, 5.41) is 0. The quantitative estimate of drug-likeness (QED) is 0.786. The Bertz CT molecular complexity index is 428. The second-order valence-corrected chi connectivity index (χ2v) is 3.91. The first-order chi connectivity index (χ1) is 6.36. The van der Waals surface area contributed by atoms with Gasteiger partial charge in [0.25, 0.3) is 0 Å². The number of nitrogens with zero attached hydrogens (tertiary/aromatic N) is 1. The van der Waals surface area contributed by atoms with E-state index in [9.17, 15) is 0 Å². The van der Waals surface area contributed by atoms with Crippen molar-refractivity contribution in [2.45, 2.75) is 6.54 Å². The molecule has 0 saturated carbocycles. The average Bonchev–Trinajstić information content (AvgIpc) is 2.54. The zero-order chi connectivity index (χ0) is 9.10. The molecule has 78 valence electrons. The number of H-pyrrole nitrogens is 1. The van der Waals surface area contributed by atoms with Crippen molar-refractivity contribution in [3.05, 3.63) is 59.5 Å². The van der Waals surface area contributed by atoms with Crippen LogP contribution in [0.3, 0.4) is 0 Å². The van der Waals surface area contributed by atoms with Gasteiger partial charge in [-0.05, 0) is 0 Å². The van der Waals surface area contributed by atoms with Crippen LogP contribution >= 0.6 is 0 Å². The molecule has 1 aromatic carbocycles. The molecule has 0 spiro atoms. The van der Waals surface area contributed by atoms with E-state index in [4.69, 9.17) is 0 Å². The molecule has 2 aromatic rings. The number of aromatic nitrogens is 2. The number of imidazole rings is 1. The first-order valence-electron chi connectivity index (χ1n) is 4.09. The molecule has 0 radical (unpaired) electrons. The topological polar surface area (TPSA) is 20.7 Å². The molecule has 2 rings (SSSR count). The molecule has 0 atom stereocenters. The maximum absolute atomic E-state index is 3.14. The van der Waals surface area contributed by atoms with Crippen molar-refractivity contribution in [3.63, 3.8) is 0 Å². The first-order valence-corrected chi connectivity index (χ1v) is 5.23. The van der Waals surface area contributed by atoms with Crippen molar-refractivity contribution in [3.8, 4) is 0 Å². The van der Waals surface area contributed by atoms with Crippen LogP contribution in [0.2, 0.25) is 0 Å². The van der Waals surface area contributed by atoms with E-state index in [0.29, 0.717) is 0 Å². The Morgan fingerprint density at radius 2 is 1.93 bits per heavy atom. The number of nitrogens with one attached hydrogen (secondary N) is 1. The zero-order valence-corrected chi connectivity index (χ0v) is 10.3. The summed E-state index contributed by atoms with van der Waals surface area (Å²) in [6.45, 7) is 0.934. The van der Waals surface area contributed by atoms with E-state index >= 15 is 0 Å². The minimum atomic E-state index is 0. The fraction of sp³-hybridized carbons (Fsp3) is 0.0909. The molecule has 0 unspecified atom stereocenters. The van der Waals surface area contributed by atoms with E-state index in [1.165, 1.54) is 5.56 Å². The standard InChI is InChI=1S/C10H10N2.CH3.Pt/c1-2-4-10(5-3-1)8-12-7-6-11-9-12;;/h1-7,11H,8H2;1H3;/q;-1;. The van der Waals surface area contributed by atoms with Crippen molar-refractivity contribution < 1.29 is 19.4 Å². The van der Waals surface area contributed by atoms with Gasteiger partial charge in [-0.2, -0.15) is 0 Å². The van der Waals surface area contributed by atoms with Crippen LogP contribution in [0.15, 0.2) is 42.7 Å². The summed E-state index contributed by atoms with van der Waals surface area (Å²) in [5.41, 5.74) is 1.32. The Morgan fingerprint density at radius 3 is 2.50 bits per heavy atom. The molecule has 1 aromatic heterocycles. The van der Waals surface area contributed by atoms with Gasteiger partial charge in [-0.25, -0.2) is 0 Å². The van der Waals surface area contributed by atoms with Crippen molar-refractivity contribution in [1.82, 2.24) is 9.55 Å². The monoisotopic (exact) mass is 368 g/mol. The van der Waals surface area contributed by atoms with Crippen molar-refractivity contribution in [2.75, 3.05) is 0 Å². The molecule has 0 fully saturated rings. The third-order valence-electron chi connectivity index (χ3n) is 1.88. The van der Waals surface area contributed by atoms with Crippen LogP contribution in [0.1, 0.15) is 5.56 Å². The molecule has 0 aliphatic carbocycles. The molecule has 0 bridgehead atoms. The first kappa shape index (κ1) is 11.2. The van der Waals surface area contributed by atoms with E-state index in [1.807, 2.05) is 12.3 Å².